The fourth-order valence-electron chi connectivity index (χ4n) is 6.49. The number of ketones is 1. The molecule has 7 amide bonds. The van der Waals surface area contributed by atoms with Crippen molar-refractivity contribution in [2.24, 2.45) is 11.8 Å². The van der Waals surface area contributed by atoms with Crippen molar-refractivity contribution in [3.8, 4) is 0 Å². The molecule has 0 aliphatic carbocycles. The molecule has 21 nitrogen and oxygen atoms in total. The summed E-state index contributed by atoms with van der Waals surface area (Å²) in [6.45, 7) is 11.5. The van der Waals surface area contributed by atoms with E-state index < -0.39 is 132 Å². The number of ether oxygens (including phenoxy) is 1. The number of Topliss-reactive ketones (excluding diaryl/α,β-unsaturated/α-hetero) is 1. The number of rotatable bonds is 28. The fraction of sp³-hybridized carbons (Fsp3) is 0.725. The number of unbranched alkanes of at least 4 members (excludes halogenated alkanes) is 1. The van der Waals surface area contributed by atoms with Crippen LogP contribution in [0.5, 0.6) is 0 Å². The van der Waals surface area contributed by atoms with Gasteiger partial charge in [-0.2, -0.15) is 0 Å². The Hall–Kier alpha value is -5.63. The molecule has 1 rings (SSSR count). The lowest BCUT2D eigenvalue weighted by atomic mass is 9.95. The summed E-state index contributed by atoms with van der Waals surface area (Å²) in [4.78, 5) is 142. The maximum atomic E-state index is 14.2. The summed E-state index contributed by atoms with van der Waals surface area (Å²) in [5.74, 6) is -10.7. The lowest BCUT2D eigenvalue weighted by Crippen LogP contribution is -2.61. The van der Waals surface area contributed by atoms with Crippen molar-refractivity contribution in [1.82, 2.24) is 36.8 Å². The molecule has 1 saturated heterocycles. The Balaban J connectivity index is 3.27. The zero-order valence-corrected chi connectivity index (χ0v) is 36.3. The van der Waals surface area contributed by atoms with E-state index in [2.05, 4.69) is 31.9 Å². The number of carbonyl (C=O) groups excluding carboxylic acids is 9. The van der Waals surface area contributed by atoms with Crippen LogP contribution >= 0.6 is 0 Å². The Morgan fingerprint density at radius 2 is 1.28 bits per heavy atom. The van der Waals surface area contributed by atoms with Crippen molar-refractivity contribution < 1.29 is 67.7 Å². The van der Waals surface area contributed by atoms with Crippen LogP contribution in [-0.2, 0) is 57.5 Å². The Morgan fingerprint density at radius 1 is 0.705 bits per heavy atom. The highest BCUT2D eigenvalue weighted by Gasteiger charge is 2.42. The molecule has 0 aromatic heterocycles. The highest BCUT2D eigenvalue weighted by atomic mass is 16.5. The molecular weight excluding hydrogens is 802 g/mol. The van der Waals surface area contributed by atoms with Gasteiger partial charge in [-0.3, -0.25) is 52.7 Å². The van der Waals surface area contributed by atoms with E-state index in [0.29, 0.717) is 25.7 Å². The summed E-state index contributed by atoms with van der Waals surface area (Å²) in [5.41, 5.74) is 0. The van der Waals surface area contributed by atoms with Gasteiger partial charge in [0, 0.05) is 32.9 Å². The third-order valence-electron chi connectivity index (χ3n) is 10.1. The number of amides is 7. The third-order valence-corrected chi connectivity index (χ3v) is 10.1. The molecule has 0 saturated carbocycles. The second-order valence-corrected chi connectivity index (χ2v) is 15.3. The van der Waals surface area contributed by atoms with Crippen LogP contribution in [0.25, 0.3) is 0 Å². The van der Waals surface area contributed by atoms with E-state index in [0.717, 1.165) is 6.92 Å². The van der Waals surface area contributed by atoms with E-state index in [4.69, 9.17) is 9.84 Å². The smallest absolute Gasteiger partial charge is 0.307 e. The molecule has 61 heavy (non-hydrogen) atoms. The zero-order valence-electron chi connectivity index (χ0n) is 36.3. The van der Waals surface area contributed by atoms with Crippen LogP contribution in [0.1, 0.15) is 119 Å². The Morgan fingerprint density at radius 3 is 1.80 bits per heavy atom. The van der Waals surface area contributed by atoms with E-state index in [1.165, 1.54) is 4.90 Å². The molecule has 1 heterocycles. The second kappa shape index (κ2) is 27.3. The number of hydrogen-bond donors (Lipinski definition) is 8. The van der Waals surface area contributed by atoms with E-state index in [-0.39, 0.29) is 45.4 Å². The van der Waals surface area contributed by atoms with Gasteiger partial charge in [-0.25, -0.2) is 0 Å². The normalized spacial score (nSPS) is 16.4. The van der Waals surface area contributed by atoms with Gasteiger partial charge in [0.2, 0.25) is 41.2 Å². The molecule has 21 heteroatoms. The molecule has 1 aliphatic heterocycles. The van der Waals surface area contributed by atoms with Gasteiger partial charge in [-0.1, -0.05) is 53.9 Å². The average molecular weight is 868 g/mol. The number of aliphatic carboxylic acids is 2. The van der Waals surface area contributed by atoms with Crippen molar-refractivity contribution in [2.45, 2.75) is 155 Å². The van der Waals surface area contributed by atoms with Gasteiger partial charge in [0.25, 0.3) is 5.91 Å². The van der Waals surface area contributed by atoms with Gasteiger partial charge in [-0.15, -0.1) is 0 Å². The van der Waals surface area contributed by atoms with Crippen molar-refractivity contribution in [3.63, 3.8) is 0 Å². The van der Waals surface area contributed by atoms with Gasteiger partial charge in [0.05, 0.1) is 19.1 Å². The van der Waals surface area contributed by atoms with E-state index in [1.807, 2.05) is 6.92 Å². The van der Waals surface area contributed by atoms with Crippen LogP contribution in [0.3, 0.4) is 0 Å². The first-order valence-corrected chi connectivity index (χ1v) is 20.9. The number of nitrogens with zero attached hydrogens (tertiary/aromatic N) is 1. The number of carbonyl (C=O) groups is 11. The number of carboxylic acids is 2. The molecule has 0 bridgehead atoms. The molecular formula is C40H65N7O14. The van der Waals surface area contributed by atoms with Crippen LogP contribution in [-0.4, -0.2) is 136 Å². The standard InChI is InChI=1S/C40H65N7O14/c1-8-11-13-25(34(54)39(59)41-20-19-31(53)61-10-3)43-37(57)28-14-12-21-47(28)40(60)33(23(6)9-2)46-38(58)32(22(4)5)45-36(56)27(16-18-30(51)52)44-35(55)26(42-24(7)48)15-17-29(49)50/h22-23,25-28,32-33H,8-21H2,1-7H3,(H,41,59)(H,42,48)(H,43,57)(H,44,55)(H,45,56)(H,46,58)(H,49,50)(H,51,52)/t23?,25-,26-,27-,28-,32-,33-/m0/s1. The first-order valence-electron chi connectivity index (χ1n) is 20.9. The van der Waals surface area contributed by atoms with E-state index in [1.54, 1.807) is 34.6 Å². The fourth-order valence-corrected chi connectivity index (χ4v) is 6.49. The molecule has 0 aromatic carbocycles. The summed E-state index contributed by atoms with van der Waals surface area (Å²) >= 11 is 0. The van der Waals surface area contributed by atoms with Crippen LogP contribution in [0.15, 0.2) is 0 Å². The predicted octanol–water partition coefficient (Wildman–Crippen LogP) is -0.318. The molecule has 1 unspecified atom stereocenters. The highest BCUT2D eigenvalue weighted by Crippen LogP contribution is 2.22. The minimum absolute atomic E-state index is 0.141. The van der Waals surface area contributed by atoms with Gasteiger partial charge >= 0.3 is 17.9 Å². The topological polar surface area (TPSA) is 313 Å². The van der Waals surface area contributed by atoms with Crippen LogP contribution in [0, 0.1) is 11.8 Å². The van der Waals surface area contributed by atoms with Gasteiger partial charge in [0.15, 0.2) is 0 Å². The third kappa shape index (κ3) is 18.7. The number of esters is 1. The molecule has 0 radical (unpaired) electrons. The van der Waals surface area contributed by atoms with E-state index in [9.17, 15) is 57.8 Å². The molecule has 7 atom stereocenters. The maximum Gasteiger partial charge on any atom is 0.307 e. The quantitative estimate of drug-likeness (QED) is 0.0370. The number of nitrogens with one attached hydrogen (secondary N) is 6. The average Bonchev–Trinajstić information content (AvgIpc) is 3.69. The van der Waals surface area contributed by atoms with Crippen LogP contribution in [0.4, 0.5) is 0 Å². The predicted molar refractivity (Wildman–Crippen MR) is 217 cm³/mol. The van der Waals surface area contributed by atoms with Crippen molar-refractivity contribution in [1.29, 1.82) is 0 Å². The second-order valence-electron chi connectivity index (χ2n) is 15.3. The summed E-state index contributed by atoms with van der Waals surface area (Å²) in [6.07, 6.45) is 0.341. The maximum absolute atomic E-state index is 14.2. The van der Waals surface area contributed by atoms with Crippen molar-refractivity contribution in [2.75, 3.05) is 19.7 Å². The van der Waals surface area contributed by atoms with E-state index >= 15 is 0 Å². The Bertz CT molecular complexity index is 1590. The monoisotopic (exact) mass is 867 g/mol. The molecule has 1 aliphatic rings. The summed E-state index contributed by atoms with van der Waals surface area (Å²) in [6, 6.07) is -7.66. The highest BCUT2D eigenvalue weighted by molar-refractivity contribution is 6.38. The molecule has 8 N–H and O–H groups in total. The zero-order chi connectivity index (χ0) is 46.4. The van der Waals surface area contributed by atoms with Crippen LogP contribution < -0.4 is 31.9 Å². The molecule has 0 spiro atoms. The van der Waals surface area contributed by atoms with Crippen molar-refractivity contribution >= 4 is 65.0 Å². The summed E-state index contributed by atoms with van der Waals surface area (Å²) in [5, 5.41) is 33.4. The summed E-state index contributed by atoms with van der Waals surface area (Å²) < 4.78 is 4.83. The minimum Gasteiger partial charge on any atom is -0.481 e. The Kier molecular flexibility index (Phi) is 23.9. The van der Waals surface area contributed by atoms with Crippen molar-refractivity contribution in [3.05, 3.63) is 0 Å². The SMILES string of the molecule is CCCC[C@H](NC(=O)[C@@H]1CCCN1C(=O)[C@@H](NC(=O)[C@@H](NC(=O)[C@H](CCC(=O)O)NC(=O)[C@H](CCC(=O)O)NC(C)=O)C(C)C)C(C)CC)C(=O)C(=O)NCCC(=O)OCC. The first-order chi connectivity index (χ1) is 28.7. The van der Waals surface area contributed by atoms with Crippen LogP contribution in [0.2, 0.25) is 0 Å². The number of hydrogen-bond acceptors (Lipinski definition) is 12. The minimum atomic E-state index is -1.53. The molecule has 1 fully saturated rings. The number of likely N-dealkylation sites (tertiary alicyclic amines) is 1. The van der Waals surface area contributed by atoms with Gasteiger partial charge in [0.1, 0.15) is 30.2 Å². The first kappa shape index (κ1) is 53.4. The lowest BCUT2D eigenvalue weighted by molar-refractivity contribution is -0.145. The Labute approximate surface area is 356 Å². The summed E-state index contributed by atoms with van der Waals surface area (Å²) in [7, 11) is 0. The largest absolute Gasteiger partial charge is 0.481 e. The molecule has 344 valence electrons. The lowest BCUT2D eigenvalue weighted by Gasteiger charge is -2.33. The number of carboxylic acid groups (broad SMARTS) is 2. The van der Waals surface area contributed by atoms with Gasteiger partial charge < -0.3 is 51.8 Å². The van der Waals surface area contributed by atoms with Gasteiger partial charge in [-0.05, 0) is 50.9 Å². The molecule has 0 aromatic rings.